The number of hydrogen-bond acceptors (Lipinski definition) is 7. The van der Waals surface area contributed by atoms with E-state index in [2.05, 4.69) is 32.6 Å². The van der Waals surface area contributed by atoms with E-state index in [1.165, 1.54) is 11.8 Å². The molecule has 0 atom stereocenters. The summed E-state index contributed by atoms with van der Waals surface area (Å²) in [6.07, 6.45) is 3.48. The van der Waals surface area contributed by atoms with Gasteiger partial charge in [-0.3, -0.25) is 14.3 Å². The van der Waals surface area contributed by atoms with E-state index in [4.69, 9.17) is 9.47 Å². The van der Waals surface area contributed by atoms with Crippen LogP contribution in [-0.4, -0.2) is 44.6 Å². The highest BCUT2D eigenvalue weighted by atomic mass is 32.2. The number of rotatable bonds is 7. The molecule has 1 amide bonds. The molecular weight excluding hydrogens is 438 g/mol. The number of nitrogens with zero attached hydrogens (tertiary/aromatic N) is 4. The molecule has 0 bridgehead atoms. The molecule has 0 unspecified atom stereocenters. The first-order chi connectivity index (χ1) is 16.3. The summed E-state index contributed by atoms with van der Waals surface area (Å²) in [5.74, 6) is 2.07. The summed E-state index contributed by atoms with van der Waals surface area (Å²) in [5.41, 5.74) is 2.64. The first kappa shape index (κ1) is 21.0. The molecule has 2 aromatic heterocycles. The fourth-order valence-corrected chi connectivity index (χ4v) is 4.20. The number of thioether (sulfide) groups is 1. The maximum atomic E-state index is 12.6. The van der Waals surface area contributed by atoms with E-state index >= 15 is 0 Å². The van der Waals surface area contributed by atoms with Crippen LogP contribution in [0.3, 0.4) is 0 Å². The van der Waals surface area contributed by atoms with Gasteiger partial charge in [-0.25, -0.2) is 0 Å². The van der Waals surface area contributed by atoms with Crippen LogP contribution in [0.5, 0.6) is 11.5 Å². The third-order valence-corrected chi connectivity index (χ3v) is 5.95. The van der Waals surface area contributed by atoms with Crippen molar-refractivity contribution in [1.82, 2.24) is 19.7 Å². The van der Waals surface area contributed by atoms with Crippen molar-refractivity contribution < 1.29 is 14.3 Å². The van der Waals surface area contributed by atoms with Crippen molar-refractivity contribution in [2.75, 3.05) is 24.3 Å². The lowest BCUT2D eigenvalue weighted by Gasteiger charge is -2.19. The zero-order chi connectivity index (χ0) is 22.5. The van der Waals surface area contributed by atoms with E-state index in [1.54, 1.807) is 30.6 Å². The molecule has 0 saturated carbocycles. The van der Waals surface area contributed by atoms with Crippen LogP contribution in [0.1, 0.15) is 5.56 Å². The molecule has 0 saturated heterocycles. The molecule has 0 fully saturated rings. The summed E-state index contributed by atoms with van der Waals surface area (Å²) in [5, 5.41) is 12.3. The van der Waals surface area contributed by atoms with Crippen LogP contribution in [0.25, 0.3) is 11.4 Å². The summed E-state index contributed by atoms with van der Waals surface area (Å²) in [4.78, 5) is 16.8. The van der Waals surface area contributed by atoms with Crippen LogP contribution in [0.2, 0.25) is 0 Å². The zero-order valence-corrected chi connectivity index (χ0v) is 18.5. The standard InChI is InChI=1S/C24H21N5O3S/c30-22(26-19-8-9-20-21(13-19)32-12-11-31-20)16-33-24-28-27-23(18-7-4-10-25-14-18)29(24)15-17-5-2-1-3-6-17/h1-10,13-14H,11-12,15-16H2,(H,26,30). The predicted octanol–water partition coefficient (Wildman–Crippen LogP) is 3.89. The second-order valence-electron chi connectivity index (χ2n) is 7.31. The van der Waals surface area contributed by atoms with Gasteiger partial charge in [-0.05, 0) is 29.8 Å². The van der Waals surface area contributed by atoms with Gasteiger partial charge in [0.2, 0.25) is 5.91 Å². The number of ether oxygens (including phenoxy) is 2. The number of nitrogens with one attached hydrogen (secondary N) is 1. The second-order valence-corrected chi connectivity index (χ2v) is 8.26. The number of anilines is 1. The molecule has 1 aliphatic rings. The SMILES string of the molecule is O=C(CSc1nnc(-c2cccnc2)n1Cc1ccccc1)Nc1ccc2c(c1)OCCO2. The number of carbonyl (C=O) groups excluding carboxylic acids is 1. The Kier molecular flexibility index (Phi) is 6.21. The molecule has 0 spiro atoms. The maximum absolute atomic E-state index is 12.6. The van der Waals surface area contributed by atoms with Crippen LogP contribution >= 0.6 is 11.8 Å². The number of fused-ring (bicyclic) bond motifs is 1. The highest BCUT2D eigenvalue weighted by Crippen LogP contribution is 2.32. The van der Waals surface area contributed by atoms with Gasteiger partial charge < -0.3 is 14.8 Å². The Morgan fingerprint density at radius 2 is 1.85 bits per heavy atom. The number of hydrogen-bond donors (Lipinski definition) is 1. The number of pyridine rings is 1. The normalized spacial score (nSPS) is 12.4. The molecular formula is C24H21N5O3S. The molecule has 5 rings (SSSR count). The van der Waals surface area contributed by atoms with E-state index in [1.807, 2.05) is 34.9 Å². The van der Waals surface area contributed by atoms with Gasteiger partial charge >= 0.3 is 0 Å². The van der Waals surface area contributed by atoms with E-state index in [0.29, 0.717) is 47.9 Å². The molecule has 4 aromatic rings. The van der Waals surface area contributed by atoms with Crippen molar-refractivity contribution in [1.29, 1.82) is 0 Å². The Morgan fingerprint density at radius 3 is 2.67 bits per heavy atom. The summed E-state index contributed by atoms with van der Waals surface area (Å²) in [6, 6.07) is 19.3. The lowest BCUT2D eigenvalue weighted by atomic mass is 10.2. The molecule has 3 heterocycles. The van der Waals surface area contributed by atoms with Gasteiger partial charge in [-0.2, -0.15) is 0 Å². The Labute approximate surface area is 195 Å². The highest BCUT2D eigenvalue weighted by Gasteiger charge is 2.17. The minimum atomic E-state index is -0.145. The largest absolute Gasteiger partial charge is 0.486 e. The van der Waals surface area contributed by atoms with Crippen molar-refractivity contribution in [2.24, 2.45) is 0 Å². The molecule has 0 radical (unpaired) electrons. The average Bonchev–Trinajstić information content (AvgIpc) is 3.26. The number of carbonyl (C=O) groups is 1. The first-order valence-corrected chi connectivity index (χ1v) is 11.4. The van der Waals surface area contributed by atoms with Crippen molar-refractivity contribution in [3.63, 3.8) is 0 Å². The fourth-order valence-electron chi connectivity index (χ4n) is 3.46. The third-order valence-electron chi connectivity index (χ3n) is 4.98. The number of benzene rings is 2. The first-order valence-electron chi connectivity index (χ1n) is 10.5. The van der Waals surface area contributed by atoms with E-state index < -0.39 is 0 Å². The smallest absolute Gasteiger partial charge is 0.234 e. The minimum absolute atomic E-state index is 0.145. The third kappa shape index (κ3) is 4.98. The summed E-state index contributed by atoms with van der Waals surface area (Å²) in [6.45, 7) is 1.61. The predicted molar refractivity (Wildman–Crippen MR) is 126 cm³/mol. The molecule has 1 aliphatic heterocycles. The molecule has 2 aromatic carbocycles. The Hall–Kier alpha value is -3.85. The maximum Gasteiger partial charge on any atom is 0.234 e. The summed E-state index contributed by atoms with van der Waals surface area (Å²) in [7, 11) is 0. The Bertz CT molecular complexity index is 1250. The minimum Gasteiger partial charge on any atom is -0.486 e. The molecule has 33 heavy (non-hydrogen) atoms. The zero-order valence-electron chi connectivity index (χ0n) is 17.7. The van der Waals surface area contributed by atoms with Crippen LogP contribution in [0.4, 0.5) is 5.69 Å². The quantitative estimate of drug-likeness (QED) is 0.419. The Balaban J connectivity index is 1.31. The van der Waals surface area contributed by atoms with E-state index in [0.717, 1.165) is 11.1 Å². The van der Waals surface area contributed by atoms with Crippen molar-refractivity contribution in [3.05, 3.63) is 78.6 Å². The van der Waals surface area contributed by atoms with Gasteiger partial charge in [-0.1, -0.05) is 42.1 Å². The topological polar surface area (TPSA) is 91.2 Å². The van der Waals surface area contributed by atoms with Crippen molar-refractivity contribution >= 4 is 23.4 Å². The van der Waals surface area contributed by atoms with Crippen LogP contribution in [0.15, 0.2) is 78.2 Å². The summed E-state index contributed by atoms with van der Waals surface area (Å²) < 4.78 is 13.1. The molecule has 166 valence electrons. The van der Waals surface area contributed by atoms with Gasteiger partial charge in [0.25, 0.3) is 0 Å². The van der Waals surface area contributed by atoms with Gasteiger partial charge in [0.05, 0.1) is 12.3 Å². The van der Waals surface area contributed by atoms with E-state index in [-0.39, 0.29) is 11.7 Å². The van der Waals surface area contributed by atoms with E-state index in [9.17, 15) is 4.79 Å². The monoisotopic (exact) mass is 459 g/mol. The molecule has 1 N–H and O–H groups in total. The van der Waals surface area contributed by atoms with Gasteiger partial charge in [0.1, 0.15) is 13.2 Å². The van der Waals surface area contributed by atoms with Crippen LogP contribution < -0.4 is 14.8 Å². The number of amides is 1. The van der Waals surface area contributed by atoms with Gasteiger partial charge in [0, 0.05) is 29.7 Å². The van der Waals surface area contributed by atoms with Crippen molar-refractivity contribution in [3.8, 4) is 22.9 Å². The molecule has 8 nitrogen and oxygen atoms in total. The van der Waals surface area contributed by atoms with Gasteiger partial charge in [-0.15, -0.1) is 10.2 Å². The lowest BCUT2D eigenvalue weighted by Crippen LogP contribution is -2.17. The Morgan fingerprint density at radius 1 is 1.00 bits per heavy atom. The molecule has 9 heteroatoms. The van der Waals surface area contributed by atoms with Crippen LogP contribution in [-0.2, 0) is 11.3 Å². The fraction of sp³-hybridized carbons (Fsp3) is 0.167. The van der Waals surface area contributed by atoms with Gasteiger partial charge in [0.15, 0.2) is 22.5 Å². The highest BCUT2D eigenvalue weighted by molar-refractivity contribution is 7.99. The second kappa shape index (κ2) is 9.74. The number of aromatic nitrogens is 4. The molecule has 0 aliphatic carbocycles. The van der Waals surface area contributed by atoms with Crippen LogP contribution in [0, 0.1) is 0 Å². The lowest BCUT2D eigenvalue weighted by molar-refractivity contribution is -0.113. The van der Waals surface area contributed by atoms with Crippen molar-refractivity contribution in [2.45, 2.75) is 11.7 Å². The summed E-state index contributed by atoms with van der Waals surface area (Å²) >= 11 is 1.34. The average molecular weight is 460 g/mol.